The van der Waals surface area contributed by atoms with Crippen LogP contribution in [0.4, 0.5) is 8.78 Å². The second-order valence-electron chi connectivity index (χ2n) is 5.57. The predicted octanol–water partition coefficient (Wildman–Crippen LogP) is 3.84. The molecule has 0 aliphatic carbocycles. The van der Waals surface area contributed by atoms with Crippen molar-refractivity contribution >= 4 is 17.5 Å². The Morgan fingerprint density at radius 1 is 1.17 bits per heavy atom. The fourth-order valence-corrected chi connectivity index (χ4v) is 2.59. The van der Waals surface area contributed by atoms with Crippen LogP contribution in [0.1, 0.15) is 18.1 Å². The van der Waals surface area contributed by atoms with Crippen LogP contribution in [0, 0.1) is 11.6 Å². The molecule has 0 saturated carbocycles. The van der Waals surface area contributed by atoms with E-state index in [0.29, 0.717) is 5.56 Å². The van der Waals surface area contributed by atoms with Crippen LogP contribution in [-0.2, 0) is 21.6 Å². The fraction of sp³-hybridized carbons (Fsp3) is 0.278. The minimum atomic E-state index is -1.04. The van der Waals surface area contributed by atoms with Crippen molar-refractivity contribution in [3.8, 4) is 0 Å². The molecule has 1 N–H and O–H groups in total. The summed E-state index contributed by atoms with van der Waals surface area (Å²) in [5.74, 6) is -1.39. The first-order valence-electron chi connectivity index (χ1n) is 7.37. The van der Waals surface area contributed by atoms with Crippen LogP contribution in [0.2, 0.25) is 5.02 Å². The molecule has 2 aromatic carbocycles. The molecule has 0 fully saturated rings. The Morgan fingerprint density at radius 2 is 1.83 bits per heavy atom. The first-order chi connectivity index (χ1) is 11.4. The smallest absolute Gasteiger partial charge is 0.224 e. The van der Waals surface area contributed by atoms with E-state index in [1.807, 2.05) is 0 Å². The molecule has 0 bridgehead atoms. The number of amides is 1. The van der Waals surface area contributed by atoms with Gasteiger partial charge in [0.1, 0.15) is 17.2 Å². The zero-order valence-corrected chi connectivity index (χ0v) is 14.2. The molecule has 1 unspecified atom stereocenters. The molecule has 0 saturated heterocycles. The second kappa shape index (κ2) is 7.73. The summed E-state index contributed by atoms with van der Waals surface area (Å²) in [6, 6.07) is 10.4. The van der Waals surface area contributed by atoms with E-state index in [4.69, 9.17) is 16.3 Å². The van der Waals surface area contributed by atoms with Crippen molar-refractivity contribution in [1.29, 1.82) is 0 Å². The maximum Gasteiger partial charge on any atom is 0.224 e. The van der Waals surface area contributed by atoms with Gasteiger partial charge in [-0.25, -0.2) is 8.78 Å². The van der Waals surface area contributed by atoms with E-state index in [1.54, 1.807) is 25.1 Å². The number of ether oxygens (including phenoxy) is 1. The summed E-state index contributed by atoms with van der Waals surface area (Å²) in [7, 11) is 1.44. The predicted molar refractivity (Wildman–Crippen MR) is 88.9 cm³/mol. The van der Waals surface area contributed by atoms with E-state index in [-0.39, 0.29) is 23.6 Å². The molecule has 1 atom stereocenters. The van der Waals surface area contributed by atoms with Gasteiger partial charge in [-0.15, -0.1) is 0 Å². The van der Waals surface area contributed by atoms with Crippen molar-refractivity contribution < 1.29 is 18.3 Å². The molecule has 1 amide bonds. The Hall–Kier alpha value is -1.98. The highest BCUT2D eigenvalue weighted by molar-refractivity contribution is 6.31. The highest BCUT2D eigenvalue weighted by atomic mass is 35.5. The van der Waals surface area contributed by atoms with E-state index in [9.17, 15) is 13.6 Å². The molecular formula is C18H18ClF2NO2. The number of rotatable bonds is 6. The number of benzene rings is 2. The number of hydrogen-bond acceptors (Lipinski definition) is 2. The Labute approximate surface area is 144 Å². The van der Waals surface area contributed by atoms with Crippen LogP contribution in [0.15, 0.2) is 42.5 Å². The van der Waals surface area contributed by atoms with Gasteiger partial charge >= 0.3 is 0 Å². The highest BCUT2D eigenvalue weighted by Crippen LogP contribution is 2.26. The van der Waals surface area contributed by atoms with Gasteiger partial charge in [0.15, 0.2) is 0 Å². The number of halogens is 3. The molecule has 0 radical (unpaired) electrons. The Kier molecular flexibility index (Phi) is 5.91. The van der Waals surface area contributed by atoms with Crippen LogP contribution in [0.3, 0.4) is 0 Å². The van der Waals surface area contributed by atoms with Crippen molar-refractivity contribution in [3.05, 3.63) is 70.2 Å². The number of carbonyl (C=O) groups excluding carboxylic acids is 1. The van der Waals surface area contributed by atoms with Gasteiger partial charge in [0.05, 0.1) is 13.0 Å². The van der Waals surface area contributed by atoms with E-state index in [2.05, 4.69) is 5.32 Å². The van der Waals surface area contributed by atoms with Crippen LogP contribution >= 0.6 is 11.6 Å². The third-order valence-corrected chi connectivity index (χ3v) is 4.27. The van der Waals surface area contributed by atoms with Crippen molar-refractivity contribution in [3.63, 3.8) is 0 Å². The van der Waals surface area contributed by atoms with Gasteiger partial charge in [0.2, 0.25) is 5.91 Å². The van der Waals surface area contributed by atoms with Gasteiger partial charge in [0.25, 0.3) is 0 Å². The van der Waals surface area contributed by atoms with Gasteiger partial charge in [0, 0.05) is 23.3 Å². The summed E-state index contributed by atoms with van der Waals surface area (Å²) < 4.78 is 33.1. The maximum absolute atomic E-state index is 14.0. The molecular weight excluding hydrogens is 336 g/mol. The SMILES string of the molecule is COC(C)(CNC(=O)Cc1c(F)cccc1Cl)c1ccccc1F. The molecule has 0 aliphatic heterocycles. The minimum Gasteiger partial charge on any atom is -0.372 e. The van der Waals surface area contributed by atoms with Crippen molar-refractivity contribution in [2.45, 2.75) is 18.9 Å². The van der Waals surface area contributed by atoms with Crippen molar-refractivity contribution in [1.82, 2.24) is 5.32 Å². The third kappa shape index (κ3) is 4.10. The van der Waals surface area contributed by atoms with Crippen LogP contribution in [-0.4, -0.2) is 19.6 Å². The Bertz CT molecular complexity index is 718. The molecule has 6 heteroatoms. The number of hydrogen-bond donors (Lipinski definition) is 1. The average molecular weight is 354 g/mol. The third-order valence-electron chi connectivity index (χ3n) is 3.92. The first kappa shape index (κ1) is 18.4. The monoisotopic (exact) mass is 353 g/mol. The summed E-state index contributed by atoms with van der Waals surface area (Å²) in [4.78, 5) is 12.1. The average Bonchev–Trinajstić information content (AvgIpc) is 2.56. The summed E-state index contributed by atoms with van der Waals surface area (Å²) in [6.07, 6.45) is -0.206. The van der Waals surface area contributed by atoms with E-state index in [1.165, 1.54) is 31.4 Å². The number of nitrogens with one attached hydrogen (secondary N) is 1. The maximum atomic E-state index is 14.0. The highest BCUT2D eigenvalue weighted by Gasteiger charge is 2.29. The molecule has 0 heterocycles. The second-order valence-corrected chi connectivity index (χ2v) is 5.98. The minimum absolute atomic E-state index is 0.0370. The summed E-state index contributed by atoms with van der Waals surface area (Å²) in [5.41, 5.74) is -0.585. The molecule has 24 heavy (non-hydrogen) atoms. The van der Waals surface area contributed by atoms with Gasteiger partial charge in [-0.3, -0.25) is 4.79 Å². The lowest BCUT2D eigenvalue weighted by Gasteiger charge is -2.29. The molecule has 3 nitrogen and oxygen atoms in total. The largest absolute Gasteiger partial charge is 0.372 e. The Balaban J connectivity index is 2.08. The molecule has 128 valence electrons. The van der Waals surface area contributed by atoms with Crippen molar-refractivity contribution in [2.75, 3.05) is 13.7 Å². The first-order valence-corrected chi connectivity index (χ1v) is 7.75. The zero-order valence-electron chi connectivity index (χ0n) is 13.4. The summed E-state index contributed by atoms with van der Waals surface area (Å²) >= 11 is 5.91. The lowest BCUT2D eigenvalue weighted by molar-refractivity contribution is -0.122. The van der Waals surface area contributed by atoms with E-state index in [0.717, 1.165) is 0 Å². The molecule has 0 aromatic heterocycles. The van der Waals surface area contributed by atoms with Crippen LogP contribution in [0.5, 0.6) is 0 Å². The van der Waals surface area contributed by atoms with Crippen molar-refractivity contribution in [2.24, 2.45) is 0 Å². The molecule has 2 rings (SSSR count). The lowest BCUT2D eigenvalue weighted by Crippen LogP contribution is -2.41. The molecule has 0 spiro atoms. The molecule has 2 aromatic rings. The number of methoxy groups -OCH3 is 1. The van der Waals surface area contributed by atoms with Crippen LogP contribution < -0.4 is 5.32 Å². The fourth-order valence-electron chi connectivity index (χ4n) is 2.36. The Morgan fingerprint density at radius 3 is 2.46 bits per heavy atom. The van der Waals surface area contributed by atoms with E-state index >= 15 is 0 Å². The van der Waals surface area contributed by atoms with Crippen LogP contribution in [0.25, 0.3) is 0 Å². The molecule has 0 aliphatic rings. The zero-order chi connectivity index (χ0) is 17.7. The van der Waals surface area contributed by atoms with Gasteiger partial charge in [-0.2, -0.15) is 0 Å². The normalized spacial score (nSPS) is 13.4. The van der Waals surface area contributed by atoms with Gasteiger partial charge in [-0.1, -0.05) is 35.9 Å². The van der Waals surface area contributed by atoms with E-state index < -0.39 is 23.1 Å². The van der Waals surface area contributed by atoms with Gasteiger partial charge in [-0.05, 0) is 25.1 Å². The topological polar surface area (TPSA) is 38.3 Å². The summed E-state index contributed by atoms with van der Waals surface area (Å²) in [5, 5.41) is 2.84. The quantitative estimate of drug-likeness (QED) is 0.857. The lowest BCUT2D eigenvalue weighted by atomic mass is 9.95. The number of carbonyl (C=O) groups is 1. The summed E-state index contributed by atoms with van der Waals surface area (Å²) in [6.45, 7) is 1.71. The van der Waals surface area contributed by atoms with Gasteiger partial charge < -0.3 is 10.1 Å². The standard InChI is InChI=1S/C18H18ClF2NO2/c1-18(24-2,13-6-3-4-8-16(13)21)11-22-17(23)10-12-14(19)7-5-9-15(12)20/h3-9H,10-11H2,1-2H3,(H,22,23).